The number of para-hydroxylation sites is 1. The van der Waals surface area contributed by atoms with Crippen LogP contribution < -0.4 is 15.4 Å². The summed E-state index contributed by atoms with van der Waals surface area (Å²) in [5, 5.41) is 46.6. The minimum Gasteiger partial charge on any atom is -0.459 e. The first-order chi connectivity index (χ1) is 31.8. The average molecular weight is 943 g/mol. The first-order valence-electron chi connectivity index (χ1n) is 24.2. The first kappa shape index (κ1) is 56.0. The van der Waals surface area contributed by atoms with Crippen LogP contribution in [0.5, 0.6) is 11.5 Å². The fraction of sp³-hybridized carbons (Fsp3) is 0.706. The number of aliphatic hydroxyl groups excluding tert-OH is 2. The normalized spacial score (nSPS) is 33.1. The summed E-state index contributed by atoms with van der Waals surface area (Å²) in [6, 6.07) is 17.5. The summed E-state index contributed by atoms with van der Waals surface area (Å²) < 4.78 is 36.7. The smallest absolute Gasteiger partial charge is 0.316 e. The fourth-order valence-corrected chi connectivity index (χ4v) is 9.26. The summed E-state index contributed by atoms with van der Waals surface area (Å²) in [4.78, 5) is 35.7. The Labute approximate surface area is 399 Å². The molecule has 2 fully saturated rings. The number of carbonyl (C=O) groups excluding carboxylic acids is 2. The van der Waals surface area contributed by atoms with Gasteiger partial charge in [0.2, 0.25) is 0 Å². The molecule has 0 bridgehead atoms. The van der Waals surface area contributed by atoms with E-state index in [2.05, 4.69) is 21.9 Å². The summed E-state index contributed by atoms with van der Waals surface area (Å²) in [7, 11) is 5.28. The molecule has 16 heteroatoms. The van der Waals surface area contributed by atoms with Crippen LogP contribution in [0.15, 0.2) is 59.8 Å². The molecule has 0 aromatic heterocycles. The third-order valence-corrected chi connectivity index (χ3v) is 13.4. The van der Waals surface area contributed by atoms with E-state index in [1.807, 2.05) is 88.3 Å². The second-order valence-electron chi connectivity index (χ2n) is 19.1. The predicted molar refractivity (Wildman–Crippen MR) is 257 cm³/mol. The topological polar surface area (TPSA) is 199 Å². The van der Waals surface area contributed by atoms with Gasteiger partial charge in [-0.1, -0.05) is 63.2 Å². The number of methoxy groups -OCH3 is 1. The molecular weight excluding hydrogens is 861 g/mol. The van der Waals surface area contributed by atoms with E-state index >= 15 is 0 Å². The van der Waals surface area contributed by atoms with Crippen molar-refractivity contribution in [1.29, 1.82) is 0 Å². The van der Waals surface area contributed by atoms with Gasteiger partial charge in [-0.2, -0.15) is 0 Å². The summed E-state index contributed by atoms with van der Waals surface area (Å²) in [6.07, 6.45) is -3.38. The minimum atomic E-state index is -1.92. The molecule has 0 unspecified atom stereocenters. The molecule has 4 rings (SSSR count). The molecule has 0 aliphatic carbocycles. The van der Waals surface area contributed by atoms with Crippen molar-refractivity contribution in [3.63, 3.8) is 0 Å². The molecule has 0 radical (unpaired) electrons. The van der Waals surface area contributed by atoms with Crippen molar-refractivity contribution in [1.82, 2.24) is 15.5 Å². The molecule has 0 saturated carbocycles. The highest BCUT2D eigenvalue weighted by atomic mass is 16.7. The van der Waals surface area contributed by atoms with Crippen LogP contribution in [0.1, 0.15) is 93.1 Å². The molecule has 13 atom stereocenters. The van der Waals surface area contributed by atoms with E-state index in [1.54, 1.807) is 20.8 Å². The maximum absolute atomic E-state index is 14.2. The minimum absolute atomic E-state index is 0.170. The maximum atomic E-state index is 14.2. The van der Waals surface area contributed by atoms with E-state index in [1.165, 1.54) is 21.0 Å². The highest BCUT2D eigenvalue weighted by Gasteiger charge is 2.51. The number of esters is 1. The Hall–Kier alpha value is -3.55. The van der Waals surface area contributed by atoms with Crippen molar-refractivity contribution in [3.8, 4) is 11.5 Å². The Morgan fingerprint density at radius 1 is 0.881 bits per heavy atom. The number of aliphatic hydroxyl groups is 3. The molecule has 0 spiro atoms. The highest BCUT2D eigenvalue weighted by molar-refractivity contribution is 6.00. The lowest BCUT2D eigenvalue weighted by Gasteiger charge is -2.47. The largest absolute Gasteiger partial charge is 0.459 e. The molecule has 2 aliphatic heterocycles. The van der Waals surface area contributed by atoms with Gasteiger partial charge in [0.05, 0.1) is 29.6 Å². The van der Waals surface area contributed by atoms with Crippen LogP contribution in [-0.4, -0.2) is 152 Å². The van der Waals surface area contributed by atoms with Crippen LogP contribution >= 0.6 is 0 Å². The molecule has 0 amide bonds. The van der Waals surface area contributed by atoms with Crippen LogP contribution in [-0.2, 0) is 44.7 Å². The van der Waals surface area contributed by atoms with Crippen LogP contribution in [0.2, 0.25) is 0 Å². The third-order valence-electron chi connectivity index (χ3n) is 13.4. The van der Waals surface area contributed by atoms with Crippen LogP contribution in [0, 0.1) is 23.7 Å². The Balaban J connectivity index is 1.35. The van der Waals surface area contributed by atoms with E-state index in [0.29, 0.717) is 38.4 Å². The first-order valence-corrected chi connectivity index (χ1v) is 24.2. The van der Waals surface area contributed by atoms with E-state index < -0.39 is 77.3 Å². The number of nitrogens with one attached hydrogen (secondary N) is 2. The van der Waals surface area contributed by atoms with Gasteiger partial charge < -0.3 is 64.1 Å². The molecule has 5 N–H and O–H groups in total. The fourth-order valence-electron chi connectivity index (χ4n) is 9.26. The number of likely N-dealkylation sites (N-methyl/N-ethyl adjacent to an activating group) is 1. The molecule has 2 aromatic rings. The predicted octanol–water partition coefficient (Wildman–Crippen LogP) is 5.49. The zero-order valence-electron chi connectivity index (χ0n) is 41.9. The summed E-state index contributed by atoms with van der Waals surface area (Å²) >= 11 is 0. The second-order valence-corrected chi connectivity index (χ2v) is 19.1. The van der Waals surface area contributed by atoms with Crippen molar-refractivity contribution >= 4 is 17.5 Å². The summed E-state index contributed by atoms with van der Waals surface area (Å²) in [5.74, 6) is -3.12. The third kappa shape index (κ3) is 16.0. The number of cyclic esters (lactones) is 1. The number of hydrogen-bond acceptors (Lipinski definition) is 16. The Kier molecular flexibility index (Phi) is 22.6. The molecule has 16 nitrogen and oxygen atoms in total. The Bertz CT molecular complexity index is 1820. The number of benzene rings is 2. The van der Waals surface area contributed by atoms with Gasteiger partial charge in [-0.05, 0) is 117 Å². The zero-order chi connectivity index (χ0) is 49.3. The quantitative estimate of drug-likeness (QED) is 0.0455. The molecule has 2 heterocycles. The maximum Gasteiger partial charge on any atom is 0.316 e. The zero-order valence-corrected chi connectivity index (χ0v) is 41.9. The van der Waals surface area contributed by atoms with Gasteiger partial charge in [0.1, 0.15) is 41.8 Å². The van der Waals surface area contributed by atoms with Crippen LogP contribution in [0.4, 0.5) is 0 Å². The molecule has 2 aromatic carbocycles. The number of rotatable bonds is 21. The van der Waals surface area contributed by atoms with Gasteiger partial charge in [-0.25, -0.2) is 0 Å². The number of nitrogens with zero attached hydrogens (tertiary/aromatic N) is 2. The van der Waals surface area contributed by atoms with Crippen LogP contribution in [0.3, 0.4) is 0 Å². The molecule has 378 valence electrons. The van der Waals surface area contributed by atoms with E-state index in [-0.39, 0.29) is 31.6 Å². The lowest BCUT2D eigenvalue weighted by molar-refractivity contribution is -0.295. The molecular formula is C51H82N4O12. The average Bonchev–Trinajstić information content (AvgIpc) is 3.30. The summed E-state index contributed by atoms with van der Waals surface area (Å²) in [5.41, 5.74) is -1.57. The van der Waals surface area contributed by atoms with E-state index in [0.717, 1.165) is 43.0 Å². The van der Waals surface area contributed by atoms with Crippen molar-refractivity contribution < 1.29 is 58.2 Å². The lowest BCUT2D eigenvalue weighted by atomic mass is 9.74. The number of oxime groups is 1. The van der Waals surface area contributed by atoms with Crippen molar-refractivity contribution in [3.05, 3.63) is 60.2 Å². The summed E-state index contributed by atoms with van der Waals surface area (Å²) in [6.45, 7) is 17.9. The molecule has 2 saturated heterocycles. The monoisotopic (exact) mass is 943 g/mol. The number of carbonyl (C=O) groups is 2. The van der Waals surface area contributed by atoms with Gasteiger partial charge in [0.25, 0.3) is 0 Å². The van der Waals surface area contributed by atoms with Gasteiger partial charge >= 0.3 is 5.97 Å². The van der Waals surface area contributed by atoms with Crippen LogP contribution in [0.25, 0.3) is 0 Å². The van der Waals surface area contributed by atoms with Gasteiger partial charge in [0.15, 0.2) is 12.1 Å². The van der Waals surface area contributed by atoms with E-state index in [4.69, 9.17) is 33.3 Å². The Morgan fingerprint density at radius 3 is 2.21 bits per heavy atom. The molecule has 67 heavy (non-hydrogen) atoms. The van der Waals surface area contributed by atoms with Crippen molar-refractivity contribution in [2.45, 2.75) is 148 Å². The van der Waals surface area contributed by atoms with Crippen molar-refractivity contribution in [2.24, 2.45) is 28.8 Å². The van der Waals surface area contributed by atoms with Gasteiger partial charge in [-0.15, -0.1) is 0 Å². The number of Topliss-reactive ketones (excluding diaryl/α,β-unsaturated/α-hetero) is 1. The second kappa shape index (κ2) is 27.0. The van der Waals surface area contributed by atoms with Gasteiger partial charge in [0, 0.05) is 57.2 Å². The van der Waals surface area contributed by atoms with Crippen molar-refractivity contribution in [2.75, 3.05) is 60.7 Å². The Morgan fingerprint density at radius 2 is 1.55 bits per heavy atom. The van der Waals surface area contributed by atoms with Gasteiger partial charge in [-0.3, -0.25) is 9.59 Å². The molecule has 2 aliphatic rings. The van der Waals surface area contributed by atoms with E-state index in [9.17, 15) is 24.9 Å². The standard InChI is InChI=1S/C51H82N4O12/c1-12-42-51(8,60)46(58)35(4)43(54-63-28-25-52-23-17-26-62-27-18-24-53-32-38-19-16-22-40(30-38)65-39-20-14-13-15-21-39)33(2)31-50(7,61-11)47(36(5)44(56)37(6)48(59)66-42)67-49-45(57)41(55(9)10)29-34(3)64-49/h13-16,19-22,30,33-37,41-42,45-47,49,52-53,57-58,60H,12,17-18,23-29,31-32H2,1-11H3/b54-43+/t33-,34-,35+,36+,37-,41+,42+,45-,46-,47-,49+,50+,51-/m1/s1. The number of ether oxygens (including phenoxy) is 6. The lowest BCUT2D eigenvalue weighted by Crippen LogP contribution is -2.60. The number of ketones is 1. The number of hydrogen-bond donors (Lipinski definition) is 5. The SMILES string of the molecule is CC[C@@H]1OC(=O)[C@H](C)C(=O)[C@H](C)[C@@H](O[C@@H]2O[C@H](C)C[C@H](N(C)C)[C@H]2O)[C@@](C)(OC)C[C@@H](C)/C(=N\OCCNCCCOCCCNCc2cccc(Oc3ccccc3)c2)[C@H](C)[C@@H](O)[C@]1(C)O. The highest BCUT2D eigenvalue weighted by Crippen LogP contribution is 2.39.